The Labute approximate surface area is 137 Å². The van der Waals surface area contributed by atoms with Gasteiger partial charge in [0, 0.05) is 17.3 Å². The minimum atomic E-state index is -0.972. The number of rotatable bonds is 4. The normalized spacial score (nSPS) is 10.4. The van der Waals surface area contributed by atoms with Crippen LogP contribution in [0.4, 0.5) is 5.69 Å². The average Bonchev–Trinajstić information content (AvgIpc) is 2.57. The van der Waals surface area contributed by atoms with Crippen LogP contribution in [0.25, 0.3) is 0 Å². The van der Waals surface area contributed by atoms with Crippen LogP contribution in [0.3, 0.4) is 0 Å². The van der Waals surface area contributed by atoms with E-state index >= 15 is 0 Å². The molecule has 124 valence electrons. The highest BCUT2D eigenvalue weighted by Crippen LogP contribution is 2.20. The molecule has 0 heterocycles. The first kappa shape index (κ1) is 16.8. The number of hydrazone groups is 1. The Hall–Kier alpha value is -3.55. The standard InChI is InChI=1S/C16H15N3O5/c1-24-13-6-3-11(4-7-13)18-15(22)16(23)19-17-9-10-2-5-12(20)8-14(10)21/h2-9,20-21H,1H3,(H,18,22)(H,19,23)/b17-9+. The van der Waals surface area contributed by atoms with Crippen molar-refractivity contribution >= 4 is 23.7 Å². The Kier molecular flexibility index (Phi) is 5.35. The number of hydrogen-bond donors (Lipinski definition) is 4. The van der Waals surface area contributed by atoms with Gasteiger partial charge in [0.05, 0.1) is 13.3 Å². The first-order valence-corrected chi connectivity index (χ1v) is 6.80. The zero-order valence-corrected chi connectivity index (χ0v) is 12.7. The number of aromatic hydroxyl groups is 2. The molecule has 8 nitrogen and oxygen atoms in total. The van der Waals surface area contributed by atoms with Crippen molar-refractivity contribution in [2.75, 3.05) is 12.4 Å². The number of carbonyl (C=O) groups is 2. The first-order valence-electron chi connectivity index (χ1n) is 6.80. The van der Waals surface area contributed by atoms with E-state index in [1.165, 1.54) is 19.2 Å². The lowest BCUT2D eigenvalue weighted by atomic mass is 10.2. The monoisotopic (exact) mass is 329 g/mol. The van der Waals surface area contributed by atoms with Crippen LogP contribution in [0.1, 0.15) is 5.56 Å². The van der Waals surface area contributed by atoms with E-state index in [4.69, 9.17) is 9.84 Å². The van der Waals surface area contributed by atoms with E-state index in [1.54, 1.807) is 24.3 Å². The summed E-state index contributed by atoms with van der Waals surface area (Å²) in [6.07, 6.45) is 1.15. The molecule has 4 N–H and O–H groups in total. The molecule has 24 heavy (non-hydrogen) atoms. The summed E-state index contributed by atoms with van der Waals surface area (Å²) in [6, 6.07) is 10.3. The van der Waals surface area contributed by atoms with Gasteiger partial charge in [-0.05, 0) is 36.4 Å². The lowest BCUT2D eigenvalue weighted by Crippen LogP contribution is -2.32. The van der Waals surface area contributed by atoms with E-state index in [0.717, 1.165) is 12.3 Å². The molecule has 0 atom stereocenters. The quantitative estimate of drug-likeness (QED) is 0.381. The minimum Gasteiger partial charge on any atom is -0.508 e. The summed E-state index contributed by atoms with van der Waals surface area (Å²) in [5.41, 5.74) is 2.73. The summed E-state index contributed by atoms with van der Waals surface area (Å²) in [5, 5.41) is 24.7. The van der Waals surface area contributed by atoms with E-state index in [2.05, 4.69) is 10.4 Å². The number of hydrogen-bond acceptors (Lipinski definition) is 6. The van der Waals surface area contributed by atoms with E-state index < -0.39 is 11.8 Å². The minimum absolute atomic E-state index is 0.104. The molecule has 0 saturated carbocycles. The second-order valence-corrected chi connectivity index (χ2v) is 4.62. The van der Waals surface area contributed by atoms with Crippen molar-refractivity contribution < 1.29 is 24.5 Å². The molecule has 2 rings (SSSR count). The Bertz CT molecular complexity index is 772. The molecule has 2 amide bonds. The molecule has 0 aliphatic rings. The number of phenols is 2. The predicted molar refractivity (Wildman–Crippen MR) is 87.1 cm³/mol. The lowest BCUT2D eigenvalue weighted by molar-refractivity contribution is -0.136. The Morgan fingerprint density at radius 1 is 1.08 bits per heavy atom. The lowest BCUT2D eigenvalue weighted by Gasteiger charge is -2.05. The van der Waals surface area contributed by atoms with Gasteiger partial charge in [-0.15, -0.1) is 0 Å². The van der Waals surface area contributed by atoms with Crippen molar-refractivity contribution in [2.24, 2.45) is 5.10 Å². The Morgan fingerprint density at radius 2 is 1.79 bits per heavy atom. The molecule has 0 spiro atoms. The summed E-state index contributed by atoms with van der Waals surface area (Å²) >= 11 is 0. The highest BCUT2D eigenvalue weighted by atomic mass is 16.5. The van der Waals surface area contributed by atoms with Crippen LogP contribution in [0.5, 0.6) is 17.2 Å². The van der Waals surface area contributed by atoms with Crippen LogP contribution in [-0.2, 0) is 9.59 Å². The molecule has 8 heteroatoms. The average molecular weight is 329 g/mol. The van der Waals surface area contributed by atoms with Gasteiger partial charge in [0.25, 0.3) is 0 Å². The van der Waals surface area contributed by atoms with Gasteiger partial charge in [0.15, 0.2) is 0 Å². The van der Waals surface area contributed by atoms with Gasteiger partial charge in [0.2, 0.25) is 0 Å². The van der Waals surface area contributed by atoms with Gasteiger partial charge < -0.3 is 20.3 Å². The summed E-state index contributed by atoms with van der Waals surface area (Å²) in [4.78, 5) is 23.3. The molecular weight excluding hydrogens is 314 g/mol. The third-order valence-electron chi connectivity index (χ3n) is 2.94. The number of carbonyl (C=O) groups excluding carboxylic acids is 2. The second-order valence-electron chi connectivity index (χ2n) is 4.62. The molecule has 0 aliphatic carbocycles. The maximum Gasteiger partial charge on any atom is 0.329 e. The van der Waals surface area contributed by atoms with Crippen molar-refractivity contribution in [1.29, 1.82) is 0 Å². The van der Waals surface area contributed by atoms with Gasteiger partial charge >= 0.3 is 11.8 Å². The number of nitrogens with one attached hydrogen (secondary N) is 2. The van der Waals surface area contributed by atoms with Crippen LogP contribution < -0.4 is 15.5 Å². The first-order chi connectivity index (χ1) is 11.5. The molecule has 2 aromatic rings. The smallest absolute Gasteiger partial charge is 0.329 e. The molecule has 2 aromatic carbocycles. The van der Waals surface area contributed by atoms with Crippen LogP contribution in [-0.4, -0.2) is 35.4 Å². The van der Waals surface area contributed by atoms with E-state index in [1.807, 2.05) is 5.43 Å². The topological polar surface area (TPSA) is 120 Å². The van der Waals surface area contributed by atoms with Crippen molar-refractivity contribution in [1.82, 2.24) is 5.43 Å². The molecule has 0 saturated heterocycles. The number of anilines is 1. The number of ether oxygens (including phenoxy) is 1. The van der Waals surface area contributed by atoms with E-state index in [-0.39, 0.29) is 17.1 Å². The highest BCUT2D eigenvalue weighted by molar-refractivity contribution is 6.39. The van der Waals surface area contributed by atoms with Crippen LogP contribution in [0.15, 0.2) is 47.6 Å². The summed E-state index contributed by atoms with van der Waals surface area (Å²) in [5.74, 6) is -1.56. The third kappa shape index (κ3) is 4.47. The zero-order chi connectivity index (χ0) is 17.5. The zero-order valence-electron chi connectivity index (χ0n) is 12.7. The van der Waals surface area contributed by atoms with Crippen molar-refractivity contribution in [3.05, 3.63) is 48.0 Å². The number of methoxy groups -OCH3 is 1. The van der Waals surface area contributed by atoms with Crippen LogP contribution >= 0.6 is 0 Å². The fraction of sp³-hybridized carbons (Fsp3) is 0.0625. The second kappa shape index (κ2) is 7.63. The van der Waals surface area contributed by atoms with Gasteiger partial charge in [-0.3, -0.25) is 9.59 Å². The largest absolute Gasteiger partial charge is 0.508 e. The van der Waals surface area contributed by atoms with E-state index in [9.17, 15) is 14.7 Å². The fourth-order valence-electron chi connectivity index (χ4n) is 1.71. The van der Waals surface area contributed by atoms with Crippen molar-refractivity contribution in [3.63, 3.8) is 0 Å². The summed E-state index contributed by atoms with van der Waals surface area (Å²) in [6.45, 7) is 0. The summed E-state index contributed by atoms with van der Waals surface area (Å²) in [7, 11) is 1.52. The molecule has 0 aliphatic heterocycles. The Morgan fingerprint density at radius 3 is 2.42 bits per heavy atom. The molecule has 0 aromatic heterocycles. The molecule has 0 radical (unpaired) electrons. The molecular formula is C16H15N3O5. The number of nitrogens with zero attached hydrogens (tertiary/aromatic N) is 1. The van der Waals surface area contributed by atoms with Crippen LogP contribution in [0, 0.1) is 0 Å². The Balaban J connectivity index is 1.91. The van der Waals surface area contributed by atoms with Gasteiger partial charge in [-0.2, -0.15) is 5.10 Å². The SMILES string of the molecule is COc1ccc(NC(=O)C(=O)N/N=C/c2ccc(O)cc2O)cc1. The number of benzene rings is 2. The predicted octanol–water partition coefficient (Wildman–Crippen LogP) is 1.20. The van der Waals surface area contributed by atoms with Gasteiger partial charge in [0.1, 0.15) is 17.2 Å². The van der Waals surface area contributed by atoms with E-state index in [0.29, 0.717) is 11.4 Å². The number of phenolic OH excluding ortho intramolecular Hbond substituents is 2. The third-order valence-corrected chi connectivity index (χ3v) is 2.94. The van der Waals surface area contributed by atoms with Gasteiger partial charge in [-0.25, -0.2) is 5.43 Å². The summed E-state index contributed by atoms with van der Waals surface area (Å²) < 4.78 is 4.99. The molecule has 0 unspecified atom stereocenters. The molecule has 0 fully saturated rings. The highest BCUT2D eigenvalue weighted by Gasteiger charge is 2.12. The maximum absolute atomic E-state index is 11.7. The van der Waals surface area contributed by atoms with Crippen molar-refractivity contribution in [3.8, 4) is 17.2 Å². The number of amides is 2. The fourth-order valence-corrected chi connectivity index (χ4v) is 1.71. The molecule has 0 bridgehead atoms. The van der Waals surface area contributed by atoms with Crippen molar-refractivity contribution in [2.45, 2.75) is 0 Å². The maximum atomic E-state index is 11.7. The van der Waals surface area contributed by atoms with Crippen LogP contribution in [0.2, 0.25) is 0 Å². The van der Waals surface area contributed by atoms with Gasteiger partial charge in [-0.1, -0.05) is 0 Å².